The highest BCUT2D eigenvalue weighted by Crippen LogP contribution is 2.23. The van der Waals surface area contributed by atoms with Gasteiger partial charge in [0.05, 0.1) is 17.5 Å². The Hall–Kier alpha value is -1.28. The first-order chi connectivity index (χ1) is 11.3. The van der Waals surface area contributed by atoms with E-state index >= 15 is 0 Å². The van der Waals surface area contributed by atoms with E-state index in [1.165, 1.54) is 12.8 Å². The van der Waals surface area contributed by atoms with Crippen molar-refractivity contribution in [3.8, 4) is 10.7 Å². The Morgan fingerprint density at radius 2 is 2.30 bits per heavy atom. The summed E-state index contributed by atoms with van der Waals surface area (Å²) in [5.74, 6) is 1.99. The van der Waals surface area contributed by atoms with Gasteiger partial charge in [-0.1, -0.05) is 11.2 Å². The van der Waals surface area contributed by atoms with Crippen LogP contribution in [0, 0.1) is 5.92 Å². The summed E-state index contributed by atoms with van der Waals surface area (Å²) in [5.41, 5.74) is 0. The molecule has 0 aromatic carbocycles. The largest absolute Gasteiger partial charge is 0.395 e. The SMILES string of the molecule is C[C@H](NCC1CCN(CCO)CC1)c1nc(-c2cccs2)no1. The molecular weight excluding hydrogens is 312 g/mol. The standard InChI is InChI=1S/C16H24N4O2S/c1-12(16-18-15(19-22-16)14-3-2-10-23-14)17-11-13-4-6-20(7-5-13)8-9-21/h2-3,10,12-13,17,21H,4-9,11H2,1H3/t12-/m0/s1. The number of aliphatic hydroxyl groups is 1. The number of likely N-dealkylation sites (tertiary alicyclic amines) is 1. The molecule has 23 heavy (non-hydrogen) atoms. The molecule has 2 aromatic rings. The molecule has 0 unspecified atom stereocenters. The lowest BCUT2D eigenvalue weighted by Crippen LogP contribution is -2.39. The highest BCUT2D eigenvalue weighted by atomic mass is 32.1. The number of rotatable bonds is 7. The fourth-order valence-corrected chi connectivity index (χ4v) is 3.55. The smallest absolute Gasteiger partial charge is 0.243 e. The van der Waals surface area contributed by atoms with Gasteiger partial charge in [-0.3, -0.25) is 0 Å². The normalized spacial score (nSPS) is 18.3. The Labute approximate surface area is 140 Å². The van der Waals surface area contributed by atoms with E-state index in [1.54, 1.807) is 11.3 Å². The van der Waals surface area contributed by atoms with E-state index in [1.807, 2.05) is 17.5 Å². The Bertz CT molecular complexity index is 579. The number of β-amino-alcohol motifs (C(OH)–C–C–N with tert-alkyl or cyclic N) is 1. The average Bonchev–Trinajstić information content (AvgIpc) is 3.25. The molecule has 3 heterocycles. The fraction of sp³-hybridized carbons (Fsp3) is 0.625. The molecule has 6 nitrogen and oxygen atoms in total. The van der Waals surface area contributed by atoms with Gasteiger partial charge >= 0.3 is 0 Å². The van der Waals surface area contributed by atoms with Crippen LogP contribution >= 0.6 is 11.3 Å². The van der Waals surface area contributed by atoms with Crippen molar-refractivity contribution < 1.29 is 9.63 Å². The van der Waals surface area contributed by atoms with Crippen molar-refractivity contribution in [2.75, 3.05) is 32.8 Å². The summed E-state index contributed by atoms with van der Waals surface area (Å²) < 4.78 is 5.39. The zero-order chi connectivity index (χ0) is 16.1. The summed E-state index contributed by atoms with van der Waals surface area (Å²) in [6.07, 6.45) is 2.34. The molecule has 1 aliphatic rings. The van der Waals surface area contributed by atoms with Crippen LogP contribution in [0.3, 0.4) is 0 Å². The van der Waals surface area contributed by atoms with Gasteiger partial charge in [-0.15, -0.1) is 11.3 Å². The van der Waals surface area contributed by atoms with Gasteiger partial charge in [-0.05, 0) is 56.8 Å². The van der Waals surface area contributed by atoms with Gasteiger partial charge in [-0.25, -0.2) is 0 Å². The number of thiophene rings is 1. The van der Waals surface area contributed by atoms with Crippen LogP contribution in [0.2, 0.25) is 0 Å². The molecule has 3 rings (SSSR count). The molecule has 1 fully saturated rings. The van der Waals surface area contributed by atoms with Crippen LogP contribution in [-0.4, -0.2) is 52.9 Å². The van der Waals surface area contributed by atoms with Crippen LogP contribution in [0.5, 0.6) is 0 Å². The van der Waals surface area contributed by atoms with Crippen molar-refractivity contribution in [3.63, 3.8) is 0 Å². The third kappa shape index (κ3) is 4.38. The number of piperidine rings is 1. The van der Waals surface area contributed by atoms with Gasteiger partial charge in [0, 0.05) is 6.54 Å². The molecule has 2 aromatic heterocycles. The molecule has 0 amide bonds. The molecule has 0 aliphatic carbocycles. The number of nitrogens with zero attached hydrogens (tertiary/aromatic N) is 3. The minimum absolute atomic E-state index is 0.0617. The summed E-state index contributed by atoms with van der Waals surface area (Å²) in [4.78, 5) is 7.84. The van der Waals surface area contributed by atoms with Crippen LogP contribution in [0.1, 0.15) is 31.7 Å². The van der Waals surface area contributed by atoms with E-state index in [-0.39, 0.29) is 12.6 Å². The van der Waals surface area contributed by atoms with Gasteiger partial charge in [0.25, 0.3) is 0 Å². The van der Waals surface area contributed by atoms with E-state index in [9.17, 15) is 0 Å². The van der Waals surface area contributed by atoms with E-state index < -0.39 is 0 Å². The molecule has 0 spiro atoms. The van der Waals surface area contributed by atoms with Crippen LogP contribution in [0.4, 0.5) is 0 Å². The Balaban J connectivity index is 1.46. The first-order valence-electron chi connectivity index (χ1n) is 8.20. The van der Waals surface area contributed by atoms with Gasteiger partial charge < -0.3 is 19.8 Å². The van der Waals surface area contributed by atoms with Crippen LogP contribution in [0.25, 0.3) is 10.7 Å². The van der Waals surface area contributed by atoms with Crippen molar-refractivity contribution in [2.45, 2.75) is 25.8 Å². The van der Waals surface area contributed by atoms with Crippen molar-refractivity contribution in [3.05, 3.63) is 23.4 Å². The molecular formula is C16H24N4O2S. The van der Waals surface area contributed by atoms with Crippen molar-refractivity contribution >= 4 is 11.3 Å². The zero-order valence-electron chi connectivity index (χ0n) is 13.4. The lowest BCUT2D eigenvalue weighted by atomic mass is 9.96. The van der Waals surface area contributed by atoms with Gasteiger partial charge in [0.2, 0.25) is 11.7 Å². The maximum atomic E-state index is 8.98. The molecule has 0 radical (unpaired) electrons. The highest BCUT2D eigenvalue weighted by molar-refractivity contribution is 7.13. The first-order valence-corrected chi connectivity index (χ1v) is 9.08. The topological polar surface area (TPSA) is 74.4 Å². The molecule has 1 saturated heterocycles. The van der Waals surface area contributed by atoms with Gasteiger partial charge in [-0.2, -0.15) is 4.98 Å². The third-order valence-electron chi connectivity index (χ3n) is 4.39. The number of aromatic nitrogens is 2. The second-order valence-corrected chi connectivity index (χ2v) is 7.02. The lowest BCUT2D eigenvalue weighted by molar-refractivity contribution is 0.145. The molecule has 0 saturated carbocycles. The van der Waals surface area contributed by atoms with Gasteiger partial charge in [0.1, 0.15) is 0 Å². The summed E-state index contributed by atoms with van der Waals surface area (Å²) >= 11 is 1.61. The van der Waals surface area contributed by atoms with E-state index in [0.29, 0.717) is 17.6 Å². The van der Waals surface area contributed by atoms with E-state index in [2.05, 4.69) is 27.3 Å². The summed E-state index contributed by atoms with van der Waals surface area (Å²) in [6, 6.07) is 4.05. The quantitative estimate of drug-likeness (QED) is 0.807. The van der Waals surface area contributed by atoms with Crippen LogP contribution < -0.4 is 5.32 Å². The second kappa shape index (κ2) is 8.01. The summed E-state index contributed by atoms with van der Waals surface area (Å²) in [5, 5.41) is 18.6. The Kier molecular flexibility index (Phi) is 5.77. The van der Waals surface area contributed by atoms with Crippen molar-refractivity contribution in [1.82, 2.24) is 20.4 Å². The minimum atomic E-state index is 0.0617. The predicted octanol–water partition coefficient (Wildman–Crippen LogP) is 2.15. The van der Waals surface area contributed by atoms with Crippen molar-refractivity contribution in [1.29, 1.82) is 0 Å². The zero-order valence-corrected chi connectivity index (χ0v) is 14.3. The monoisotopic (exact) mass is 336 g/mol. The lowest BCUT2D eigenvalue weighted by Gasteiger charge is -2.31. The minimum Gasteiger partial charge on any atom is -0.395 e. The fourth-order valence-electron chi connectivity index (χ4n) is 2.90. The van der Waals surface area contributed by atoms with Crippen molar-refractivity contribution in [2.24, 2.45) is 5.92 Å². The summed E-state index contributed by atoms with van der Waals surface area (Å²) in [7, 11) is 0. The van der Waals surface area contributed by atoms with E-state index in [4.69, 9.17) is 9.63 Å². The average molecular weight is 336 g/mol. The Morgan fingerprint density at radius 3 is 3.00 bits per heavy atom. The maximum absolute atomic E-state index is 8.98. The molecule has 126 valence electrons. The van der Waals surface area contributed by atoms with Crippen LogP contribution in [-0.2, 0) is 0 Å². The second-order valence-electron chi connectivity index (χ2n) is 6.07. The molecule has 1 atom stereocenters. The number of aliphatic hydroxyl groups excluding tert-OH is 1. The molecule has 2 N–H and O–H groups in total. The van der Waals surface area contributed by atoms with E-state index in [0.717, 1.165) is 31.1 Å². The number of hydrogen-bond donors (Lipinski definition) is 2. The number of hydrogen-bond acceptors (Lipinski definition) is 7. The maximum Gasteiger partial charge on any atom is 0.243 e. The first kappa shape index (κ1) is 16.6. The number of nitrogens with one attached hydrogen (secondary N) is 1. The molecule has 1 aliphatic heterocycles. The van der Waals surface area contributed by atoms with Crippen LogP contribution in [0.15, 0.2) is 22.0 Å². The van der Waals surface area contributed by atoms with Gasteiger partial charge in [0.15, 0.2) is 0 Å². The predicted molar refractivity (Wildman–Crippen MR) is 90.3 cm³/mol. The molecule has 0 bridgehead atoms. The third-order valence-corrected chi connectivity index (χ3v) is 5.26. The highest BCUT2D eigenvalue weighted by Gasteiger charge is 2.21. The molecule has 7 heteroatoms. The Morgan fingerprint density at radius 1 is 1.48 bits per heavy atom. The summed E-state index contributed by atoms with van der Waals surface area (Å²) in [6.45, 7) is 6.22.